The largest absolute Gasteiger partial charge is 0.300 e. The smallest absolute Gasteiger partial charge is 0.247 e. The number of hydrogen-bond donors (Lipinski definition) is 1. The zero-order valence-electron chi connectivity index (χ0n) is 10.4. The Labute approximate surface area is 102 Å². The first-order valence-corrected chi connectivity index (χ1v) is 6.79. The van der Waals surface area contributed by atoms with Gasteiger partial charge in [0.1, 0.15) is 0 Å². The van der Waals surface area contributed by atoms with Crippen molar-refractivity contribution in [3.8, 4) is 0 Å². The van der Waals surface area contributed by atoms with Crippen molar-refractivity contribution in [3.05, 3.63) is 0 Å². The van der Waals surface area contributed by atoms with E-state index in [0.717, 1.165) is 32.1 Å². The lowest BCUT2D eigenvalue weighted by molar-refractivity contribution is -0.139. The topological polar surface area (TPSA) is 49.4 Å². The molecule has 1 saturated heterocycles. The third kappa shape index (κ3) is 1.79. The van der Waals surface area contributed by atoms with Crippen molar-refractivity contribution in [2.75, 3.05) is 0 Å². The van der Waals surface area contributed by atoms with Crippen molar-refractivity contribution < 1.29 is 9.59 Å². The average Bonchev–Trinajstić information content (AvgIpc) is 3.02. The van der Waals surface area contributed by atoms with Crippen LogP contribution in [-0.4, -0.2) is 34.3 Å². The van der Waals surface area contributed by atoms with Crippen molar-refractivity contribution in [3.63, 3.8) is 0 Å². The Kier molecular flexibility index (Phi) is 2.51. The molecule has 0 aromatic heterocycles. The maximum atomic E-state index is 12.2. The van der Waals surface area contributed by atoms with E-state index in [1.165, 1.54) is 11.3 Å². The number of carbonyl (C=O) groups is 2. The van der Waals surface area contributed by atoms with Gasteiger partial charge < -0.3 is 0 Å². The van der Waals surface area contributed by atoms with E-state index in [1.807, 2.05) is 0 Å². The van der Waals surface area contributed by atoms with Crippen LogP contribution in [0.5, 0.6) is 0 Å². The van der Waals surface area contributed by atoms with Gasteiger partial charge in [-0.25, -0.2) is 0 Å². The van der Waals surface area contributed by atoms with Crippen LogP contribution in [0.3, 0.4) is 0 Å². The van der Waals surface area contributed by atoms with E-state index in [-0.39, 0.29) is 29.4 Å². The molecule has 0 spiro atoms. The summed E-state index contributed by atoms with van der Waals surface area (Å²) >= 11 is 0. The predicted molar refractivity (Wildman–Crippen MR) is 63.3 cm³/mol. The molecule has 2 aliphatic carbocycles. The highest BCUT2D eigenvalue weighted by Gasteiger charge is 2.48. The Hall–Kier alpha value is -0.900. The molecule has 4 heteroatoms. The SMILES string of the molecule is CCC1(NC2CC(=O)N(C3CC3)C2=O)CCC1. The summed E-state index contributed by atoms with van der Waals surface area (Å²) in [7, 11) is 0. The Bertz CT molecular complexity index is 353. The van der Waals surface area contributed by atoms with Crippen molar-refractivity contribution >= 4 is 11.8 Å². The summed E-state index contributed by atoms with van der Waals surface area (Å²) in [6.07, 6.45) is 6.95. The standard InChI is InChI=1S/C13H20N2O2/c1-2-13(6-3-7-13)14-10-8-11(16)15(12(10)17)9-4-5-9/h9-10,14H,2-8H2,1H3. The molecule has 3 fully saturated rings. The van der Waals surface area contributed by atoms with Crippen LogP contribution in [0.4, 0.5) is 0 Å². The van der Waals surface area contributed by atoms with E-state index in [2.05, 4.69) is 12.2 Å². The lowest BCUT2D eigenvalue weighted by atomic mass is 9.74. The van der Waals surface area contributed by atoms with Crippen LogP contribution in [0, 0.1) is 0 Å². The van der Waals surface area contributed by atoms with Gasteiger partial charge in [-0.15, -0.1) is 0 Å². The third-order valence-corrected chi connectivity index (χ3v) is 4.56. The molecule has 3 aliphatic rings. The normalized spacial score (nSPS) is 31.8. The van der Waals surface area contributed by atoms with Crippen LogP contribution in [0.15, 0.2) is 0 Å². The van der Waals surface area contributed by atoms with Gasteiger partial charge in [-0.1, -0.05) is 6.92 Å². The van der Waals surface area contributed by atoms with E-state index in [1.54, 1.807) is 0 Å². The van der Waals surface area contributed by atoms with Crippen LogP contribution < -0.4 is 5.32 Å². The van der Waals surface area contributed by atoms with Crippen molar-refractivity contribution in [2.45, 2.75) is 69.5 Å². The predicted octanol–water partition coefficient (Wildman–Crippen LogP) is 1.20. The first kappa shape index (κ1) is 11.2. The van der Waals surface area contributed by atoms with Crippen LogP contribution in [0.25, 0.3) is 0 Å². The monoisotopic (exact) mass is 236 g/mol. The number of nitrogens with zero attached hydrogens (tertiary/aromatic N) is 1. The summed E-state index contributed by atoms with van der Waals surface area (Å²) in [6.45, 7) is 2.16. The average molecular weight is 236 g/mol. The number of nitrogens with one attached hydrogen (secondary N) is 1. The lowest BCUT2D eigenvalue weighted by Crippen LogP contribution is -2.56. The number of imide groups is 1. The number of amides is 2. The summed E-state index contributed by atoms with van der Waals surface area (Å²) in [5, 5.41) is 3.46. The highest BCUT2D eigenvalue weighted by atomic mass is 16.2. The number of hydrogen-bond acceptors (Lipinski definition) is 3. The van der Waals surface area contributed by atoms with Crippen LogP contribution >= 0.6 is 0 Å². The quantitative estimate of drug-likeness (QED) is 0.746. The Morgan fingerprint density at radius 2 is 2.06 bits per heavy atom. The fraction of sp³-hybridized carbons (Fsp3) is 0.846. The first-order chi connectivity index (χ1) is 8.15. The number of carbonyl (C=O) groups excluding carboxylic acids is 2. The maximum absolute atomic E-state index is 12.2. The van der Waals surface area contributed by atoms with E-state index in [0.29, 0.717) is 6.42 Å². The molecule has 3 rings (SSSR count). The molecule has 94 valence electrons. The van der Waals surface area contributed by atoms with Crippen molar-refractivity contribution in [1.82, 2.24) is 10.2 Å². The van der Waals surface area contributed by atoms with E-state index in [4.69, 9.17) is 0 Å². The molecule has 1 heterocycles. The van der Waals surface area contributed by atoms with E-state index < -0.39 is 0 Å². The minimum absolute atomic E-state index is 0.0252. The lowest BCUT2D eigenvalue weighted by Gasteiger charge is -2.43. The molecule has 1 aliphatic heterocycles. The second kappa shape index (κ2) is 3.80. The molecule has 1 unspecified atom stereocenters. The summed E-state index contributed by atoms with van der Waals surface area (Å²) in [5.74, 6) is 0.0535. The van der Waals surface area contributed by atoms with Gasteiger partial charge >= 0.3 is 0 Å². The molecule has 1 N–H and O–H groups in total. The van der Waals surface area contributed by atoms with Crippen molar-refractivity contribution in [2.24, 2.45) is 0 Å². The van der Waals surface area contributed by atoms with Crippen LogP contribution in [-0.2, 0) is 9.59 Å². The van der Waals surface area contributed by atoms with Crippen molar-refractivity contribution in [1.29, 1.82) is 0 Å². The molecule has 0 aromatic carbocycles. The van der Waals surface area contributed by atoms with Crippen LogP contribution in [0.2, 0.25) is 0 Å². The molecule has 2 amide bonds. The van der Waals surface area contributed by atoms with Gasteiger partial charge in [0, 0.05) is 11.6 Å². The summed E-state index contributed by atoms with van der Waals surface area (Å²) in [4.78, 5) is 25.5. The molecule has 0 bridgehead atoms. The van der Waals surface area contributed by atoms with Crippen LogP contribution in [0.1, 0.15) is 51.9 Å². The van der Waals surface area contributed by atoms with Gasteiger partial charge in [-0.05, 0) is 38.5 Å². The second-order valence-corrected chi connectivity index (χ2v) is 5.72. The second-order valence-electron chi connectivity index (χ2n) is 5.72. The first-order valence-electron chi connectivity index (χ1n) is 6.79. The molecule has 0 aromatic rings. The minimum atomic E-state index is -0.247. The van der Waals surface area contributed by atoms with E-state index >= 15 is 0 Å². The fourth-order valence-corrected chi connectivity index (χ4v) is 3.05. The van der Waals surface area contributed by atoms with Gasteiger partial charge in [0.2, 0.25) is 11.8 Å². The van der Waals surface area contributed by atoms with E-state index in [9.17, 15) is 9.59 Å². The Morgan fingerprint density at radius 3 is 2.53 bits per heavy atom. The van der Waals surface area contributed by atoms with Gasteiger partial charge in [0.25, 0.3) is 0 Å². The summed E-state index contributed by atoms with van der Waals surface area (Å²) in [6, 6.07) is -0.0240. The third-order valence-electron chi connectivity index (χ3n) is 4.56. The summed E-state index contributed by atoms with van der Waals surface area (Å²) < 4.78 is 0. The fourth-order valence-electron chi connectivity index (χ4n) is 3.05. The number of likely N-dealkylation sites (tertiary alicyclic amines) is 1. The summed E-state index contributed by atoms with van der Waals surface area (Å²) in [5.41, 5.74) is 0.139. The molecule has 1 atom stereocenters. The zero-order chi connectivity index (χ0) is 12.0. The molecular weight excluding hydrogens is 216 g/mol. The highest BCUT2D eigenvalue weighted by molar-refractivity contribution is 6.06. The minimum Gasteiger partial charge on any atom is -0.300 e. The molecule has 0 radical (unpaired) electrons. The Morgan fingerprint density at radius 1 is 1.35 bits per heavy atom. The molecule has 2 saturated carbocycles. The molecule has 17 heavy (non-hydrogen) atoms. The van der Waals surface area contributed by atoms with Gasteiger partial charge in [0.05, 0.1) is 12.5 Å². The number of rotatable bonds is 4. The van der Waals surface area contributed by atoms with Gasteiger partial charge in [0.15, 0.2) is 0 Å². The Balaban J connectivity index is 1.68. The van der Waals surface area contributed by atoms with Gasteiger partial charge in [-0.2, -0.15) is 0 Å². The highest BCUT2D eigenvalue weighted by Crippen LogP contribution is 2.37. The molecular formula is C13H20N2O2. The maximum Gasteiger partial charge on any atom is 0.247 e. The zero-order valence-corrected chi connectivity index (χ0v) is 10.4. The van der Waals surface area contributed by atoms with Gasteiger partial charge in [-0.3, -0.25) is 19.8 Å². The molecule has 4 nitrogen and oxygen atoms in total.